The smallest absolute Gasteiger partial charge is 0.359 e. The van der Waals surface area contributed by atoms with Gasteiger partial charge in [0.25, 0.3) is 3.79 Å². The highest BCUT2D eigenvalue weighted by Gasteiger charge is 2.37. The van der Waals surface area contributed by atoms with Crippen molar-refractivity contribution in [3.63, 3.8) is 0 Å². The number of halogens is 3. The van der Waals surface area contributed by atoms with Crippen LogP contribution in [0.2, 0.25) is 0 Å². The van der Waals surface area contributed by atoms with Crippen LogP contribution in [-0.4, -0.2) is 9.76 Å². The number of hydrogen-bond donors (Lipinski definition) is 0. The molecule has 0 spiro atoms. The van der Waals surface area contributed by atoms with Gasteiger partial charge in [-0.1, -0.05) is 65.1 Å². The Labute approximate surface area is 109 Å². The van der Waals surface area contributed by atoms with Crippen LogP contribution < -0.4 is 0 Å². The summed E-state index contributed by atoms with van der Waals surface area (Å²) in [5.74, 6) is -0.883. The number of hydrogen-bond acceptors (Lipinski definition) is 2. The lowest BCUT2D eigenvalue weighted by Gasteiger charge is -2.27. The minimum atomic E-state index is -2.05. The molecule has 0 unspecified atom stereocenters. The maximum absolute atomic E-state index is 11.4. The third kappa shape index (κ3) is 3.55. The molecule has 0 bridgehead atoms. The van der Waals surface area contributed by atoms with Crippen molar-refractivity contribution in [1.29, 1.82) is 0 Å². The van der Waals surface area contributed by atoms with E-state index in [9.17, 15) is 4.79 Å². The van der Waals surface area contributed by atoms with Crippen molar-refractivity contribution in [3.05, 3.63) is 35.9 Å². The summed E-state index contributed by atoms with van der Waals surface area (Å²) in [5.41, 5.74) is 0.0000231. The molecule has 16 heavy (non-hydrogen) atoms. The van der Waals surface area contributed by atoms with Crippen LogP contribution in [0.15, 0.2) is 30.3 Å². The van der Waals surface area contributed by atoms with Gasteiger partial charge in [0.1, 0.15) is 5.60 Å². The van der Waals surface area contributed by atoms with Crippen molar-refractivity contribution in [2.24, 2.45) is 0 Å². The molecule has 0 aromatic heterocycles. The molecule has 0 aliphatic heterocycles. The summed E-state index contributed by atoms with van der Waals surface area (Å²) in [7, 11) is 0. The van der Waals surface area contributed by atoms with E-state index in [-0.39, 0.29) is 0 Å². The molecule has 5 heteroatoms. The topological polar surface area (TPSA) is 26.3 Å². The van der Waals surface area contributed by atoms with Gasteiger partial charge in [-0.25, -0.2) is 4.79 Å². The van der Waals surface area contributed by atoms with Crippen molar-refractivity contribution in [2.45, 2.75) is 23.2 Å². The highest BCUT2D eigenvalue weighted by molar-refractivity contribution is 6.75. The molecule has 0 saturated heterocycles. The lowest BCUT2D eigenvalue weighted by Crippen LogP contribution is -2.32. The molecule has 0 saturated carbocycles. The molecule has 0 amide bonds. The Morgan fingerprint density at radius 2 is 1.62 bits per heavy atom. The first kappa shape index (κ1) is 13.6. The number of esters is 1. The van der Waals surface area contributed by atoms with Crippen LogP contribution in [0.25, 0.3) is 0 Å². The minimum absolute atomic E-state index is 0.831. The van der Waals surface area contributed by atoms with Crippen LogP contribution in [-0.2, 0) is 15.1 Å². The summed E-state index contributed by atoms with van der Waals surface area (Å²) in [5, 5.41) is 0. The van der Waals surface area contributed by atoms with Crippen molar-refractivity contribution in [2.75, 3.05) is 0 Å². The van der Waals surface area contributed by atoms with Gasteiger partial charge in [0, 0.05) is 0 Å². The number of benzene rings is 1. The number of carbonyl (C=O) groups is 1. The zero-order valence-corrected chi connectivity index (χ0v) is 11.1. The van der Waals surface area contributed by atoms with Crippen LogP contribution in [0, 0.1) is 0 Å². The summed E-state index contributed by atoms with van der Waals surface area (Å²) in [6.07, 6.45) is 0. The molecule has 0 N–H and O–H groups in total. The molecule has 88 valence electrons. The van der Waals surface area contributed by atoms with E-state index in [4.69, 9.17) is 39.5 Å². The Bertz CT molecular complexity index is 369. The first-order valence-electron chi connectivity index (χ1n) is 4.59. The van der Waals surface area contributed by atoms with Crippen molar-refractivity contribution in [1.82, 2.24) is 0 Å². The summed E-state index contributed by atoms with van der Waals surface area (Å²) < 4.78 is 3.10. The van der Waals surface area contributed by atoms with Gasteiger partial charge in [-0.2, -0.15) is 0 Å². The van der Waals surface area contributed by atoms with E-state index in [0.29, 0.717) is 0 Å². The maximum Gasteiger partial charge on any atom is 0.359 e. The van der Waals surface area contributed by atoms with E-state index in [1.165, 1.54) is 0 Å². The van der Waals surface area contributed by atoms with Gasteiger partial charge in [-0.05, 0) is 19.4 Å². The van der Waals surface area contributed by atoms with Gasteiger partial charge in [-0.15, -0.1) is 0 Å². The molecular formula is C11H11Cl3O2. The highest BCUT2D eigenvalue weighted by Crippen LogP contribution is 2.32. The third-order valence-corrected chi connectivity index (χ3v) is 2.51. The first-order valence-corrected chi connectivity index (χ1v) is 5.72. The van der Waals surface area contributed by atoms with E-state index in [2.05, 4.69) is 0 Å². The molecule has 0 aliphatic carbocycles. The fourth-order valence-corrected chi connectivity index (χ4v) is 1.30. The summed E-state index contributed by atoms with van der Waals surface area (Å²) in [6, 6.07) is 9.24. The minimum Gasteiger partial charge on any atom is -0.452 e. The lowest BCUT2D eigenvalue weighted by atomic mass is 9.98. The SMILES string of the molecule is CC(C)(OC(=O)C(Cl)(Cl)Cl)c1ccccc1. The number of rotatable bonds is 2. The Balaban J connectivity index is 2.85. The summed E-state index contributed by atoms with van der Waals surface area (Å²) in [6.45, 7) is 3.47. The molecule has 0 atom stereocenters. The van der Waals surface area contributed by atoms with Crippen molar-refractivity contribution < 1.29 is 9.53 Å². The second kappa shape index (κ2) is 4.82. The third-order valence-electron chi connectivity index (χ3n) is 2.05. The van der Waals surface area contributed by atoms with Crippen LogP contribution in [0.3, 0.4) is 0 Å². The predicted molar refractivity (Wildman–Crippen MR) is 65.9 cm³/mol. The Morgan fingerprint density at radius 1 is 1.12 bits per heavy atom. The zero-order valence-electron chi connectivity index (χ0n) is 8.84. The number of alkyl halides is 3. The fourth-order valence-electron chi connectivity index (χ4n) is 1.19. The Hall–Kier alpha value is -0.440. The van der Waals surface area contributed by atoms with Gasteiger partial charge < -0.3 is 4.74 Å². The van der Waals surface area contributed by atoms with Gasteiger partial charge in [0.2, 0.25) is 0 Å². The largest absolute Gasteiger partial charge is 0.452 e. The normalized spacial score (nSPS) is 12.3. The predicted octanol–water partition coefficient (Wildman–Crippen LogP) is 3.84. The van der Waals surface area contributed by atoms with E-state index >= 15 is 0 Å². The molecule has 1 rings (SSSR count). The standard InChI is InChI=1S/C11H11Cl3O2/c1-10(2,8-6-4-3-5-7-8)16-9(15)11(12,13)14/h3-7H,1-2H3. The monoisotopic (exact) mass is 280 g/mol. The molecule has 0 heterocycles. The van der Waals surface area contributed by atoms with Gasteiger partial charge >= 0.3 is 5.97 Å². The zero-order chi connectivity index (χ0) is 12.4. The lowest BCUT2D eigenvalue weighted by molar-refractivity contribution is -0.156. The van der Waals surface area contributed by atoms with Gasteiger partial charge in [0.15, 0.2) is 0 Å². The second-order valence-electron chi connectivity index (χ2n) is 3.76. The number of ether oxygens (including phenoxy) is 1. The highest BCUT2D eigenvalue weighted by atomic mass is 35.6. The first-order chi connectivity index (χ1) is 7.23. The van der Waals surface area contributed by atoms with E-state index in [0.717, 1.165) is 5.56 Å². The summed E-state index contributed by atoms with van der Waals surface area (Å²) in [4.78, 5) is 11.4. The van der Waals surface area contributed by atoms with E-state index in [1.54, 1.807) is 13.8 Å². The quantitative estimate of drug-likeness (QED) is 0.608. The van der Waals surface area contributed by atoms with E-state index < -0.39 is 15.4 Å². The molecular weight excluding hydrogens is 270 g/mol. The Kier molecular flexibility index (Phi) is 4.11. The molecule has 0 fully saturated rings. The molecule has 2 nitrogen and oxygen atoms in total. The number of carbonyl (C=O) groups excluding carboxylic acids is 1. The van der Waals surface area contributed by atoms with Crippen LogP contribution >= 0.6 is 34.8 Å². The second-order valence-corrected chi connectivity index (χ2v) is 6.04. The average molecular weight is 282 g/mol. The summed E-state index contributed by atoms with van der Waals surface area (Å²) >= 11 is 16.3. The Morgan fingerprint density at radius 3 is 2.06 bits per heavy atom. The maximum atomic E-state index is 11.4. The van der Waals surface area contributed by atoms with Gasteiger partial charge in [0.05, 0.1) is 0 Å². The molecule has 0 radical (unpaired) electrons. The molecule has 1 aromatic carbocycles. The van der Waals surface area contributed by atoms with E-state index in [1.807, 2.05) is 30.3 Å². The molecule has 1 aromatic rings. The molecule has 0 aliphatic rings. The van der Waals surface area contributed by atoms with Crippen molar-refractivity contribution in [3.8, 4) is 0 Å². The van der Waals surface area contributed by atoms with Crippen molar-refractivity contribution >= 4 is 40.8 Å². The van der Waals surface area contributed by atoms with Crippen LogP contribution in [0.4, 0.5) is 0 Å². The van der Waals surface area contributed by atoms with Crippen LogP contribution in [0.1, 0.15) is 19.4 Å². The van der Waals surface area contributed by atoms with Crippen LogP contribution in [0.5, 0.6) is 0 Å². The van der Waals surface area contributed by atoms with Gasteiger partial charge in [-0.3, -0.25) is 0 Å². The average Bonchev–Trinajstić information content (AvgIpc) is 2.17. The fraction of sp³-hybridized carbons (Fsp3) is 0.364.